The maximum absolute atomic E-state index is 10.5. The van der Waals surface area contributed by atoms with Crippen molar-refractivity contribution in [2.24, 2.45) is 0 Å². The Balaban J connectivity index is 2.62. The second-order valence-electron chi connectivity index (χ2n) is 1.83. The van der Waals surface area contributed by atoms with E-state index in [2.05, 4.69) is 10.7 Å². The summed E-state index contributed by atoms with van der Waals surface area (Å²) in [6.45, 7) is 0. The van der Waals surface area contributed by atoms with Crippen molar-refractivity contribution >= 4 is 5.91 Å². The molecule has 0 spiro atoms. The normalized spacial score (nSPS) is 24.8. The van der Waals surface area contributed by atoms with E-state index in [1.54, 1.807) is 7.05 Å². The molecule has 5 nitrogen and oxygen atoms in total. The molecular weight excluding hydrogens is 134 g/mol. The quantitative estimate of drug-likeness (QED) is 0.411. The standard InChI is InChI=1S/C5H9N3O2/c1-6-8-3-2-4(9)7-5(8)10/h2-3,5-6,10H,1H3,(H,7,9). The predicted octanol–water partition coefficient (Wildman–Crippen LogP) is -1.66. The summed E-state index contributed by atoms with van der Waals surface area (Å²) in [7, 11) is 1.64. The molecule has 0 aliphatic carbocycles. The molecule has 56 valence electrons. The molecule has 10 heavy (non-hydrogen) atoms. The van der Waals surface area contributed by atoms with Gasteiger partial charge in [-0.25, -0.2) is 5.43 Å². The maximum Gasteiger partial charge on any atom is 0.248 e. The monoisotopic (exact) mass is 143 g/mol. The molecule has 0 saturated carbocycles. The molecule has 0 fully saturated rings. The van der Waals surface area contributed by atoms with E-state index < -0.39 is 6.35 Å². The van der Waals surface area contributed by atoms with E-state index in [-0.39, 0.29) is 5.91 Å². The van der Waals surface area contributed by atoms with E-state index in [1.165, 1.54) is 17.3 Å². The summed E-state index contributed by atoms with van der Waals surface area (Å²) in [6.07, 6.45) is 1.81. The third-order valence-corrected chi connectivity index (χ3v) is 1.18. The summed E-state index contributed by atoms with van der Waals surface area (Å²) in [5, 5.41) is 12.7. The Morgan fingerprint density at radius 1 is 1.90 bits per heavy atom. The number of carbonyl (C=O) groups is 1. The van der Waals surface area contributed by atoms with Crippen LogP contribution in [0.25, 0.3) is 0 Å². The van der Waals surface area contributed by atoms with Gasteiger partial charge in [0.05, 0.1) is 0 Å². The van der Waals surface area contributed by atoms with Gasteiger partial charge in [-0.15, -0.1) is 0 Å². The number of nitrogens with zero attached hydrogens (tertiary/aromatic N) is 1. The first-order chi connectivity index (χ1) is 4.74. The first-order valence-electron chi connectivity index (χ1n) is 2.86. The number of aliphatic hydroxyl groups is 1. The van der Waals surface area contributed by atoms with Crippen LogP contribution in [-0.2, 0) is 4.79 Å². The molecule has 1 aliphatic rings. The number of carbonyl (C=O) groups excluding carboxylic acids is 1. The summed E-state index contributed by atoms with van der Waals surface area (Å²) < 4.78 is 0. The van der Waals surface area contributed by atoms with Crippen molar-refractivity contribution in [3.63, 3.8) is 0 Å². The predicted molar refractivity (Wildman–Crippen MR) is 34.2 cm³/mol. The molecule has 1 unspecified atom stereocenters. The van der Waals surface area contributed by atoms with Crippen LogP contribution in [0.4, 0.5) is 0 Å². The minimum atomic E-state index is -0.970. The highest BCUT2D eigenvalue weighted by Gasteiger charge is 2.15. The molecule has 1 amide bonds. The van der Waals surface area contributed by atoms with Crippen molar-refractivity contribution in [1.29, 1.82) is 0 Å². The van der Waals surface area contributed by atoms with E-state index in [0.717, 1.165) is 0 Å². The van der Waals surface area contributed by atoms with E-state index in [4.69, 9.17) is 5.11 Å². The highest BCUT2D eigenvalue weighted by molar-refractivity contribution is 5.88. The summed E-state index contributed by atoms with van der Waals surface area (Å²) >= 11 is 0. The van der Waals surface area contributed by atoms with Gasteiger partial charge in [-0.3, -0.25) is 9.80 Å². The summed E-state index contributed by atoms with van der Waals surface area (Å²) in [6, 6.07) is 0. The molecule has 0 saturated heterocycles. The van der Waals surface area contributed by atoms with Crippen LogP contribution in [0, 0.1) is 0 Å². The van der Waals surface area contributed by atoms with Crippen molar-refractivity contribution in [1.82, 2.24) is 15.8 Å². The lowest BCUT2D eigenvalue weighted by molar-refractivity contribution is -0.126. The molecule has 0 aromatic rings. The van der Waals surface area contributed by atoms with E-state index in [1.807, 2.05) is 0 Å². The molecule has 0 aromatic carbocycles. The van der Waals surface area contributed by atoms with Crippen LogP contribution in [0.3, 0.4) is 0 Å². The number of hydrogen-bond donors (Lipinski definition) is 3. The van der Waals surface area contributed by atoms with Crippen LogP contribution in [0.15, 0.2) is 12.3 Å². The zero-order valence-electron chi connectivity index (χ0n) is 5.53. The fourth-order valence-electron chi connectivity index (χ4n) is 0.671. The minimum absolute atomic E-state index is 0.293. The van der Waals surface area contributed by atoms with E-state index >= 15 is 0 Å². The van der Waals surface area contributed by atoms with Crippen LogP contribution in [0.1, 0.15) is 0 Å². The van der Waals surface area contributed by atoms with Crippen LogP contribution in [0.5, 0.6) is 0 Å². The Morgan fingerprint density at radius 2 is 2.60 bits per heavy atom. The number of rotatable bonds is 1. The lowest BCUT2D eigenvalue weighted by atomic mass is 10.5. The Labute approximate surface area is 58.3 Å². The van der Waals surface area contributed by atoms with Gasteiger partial charge in [-0.2, -0.15) is 0 Å². The number of aliphatic hydroxyl groups excluding tert-OH is 1. The molecule has 1 heterocycles. The molecule has 1 rings (SSSR count). The van der Waals surface area contributed by atoms with Crippen molar-refractivity contribution in [3.05, 3.63) is 12.3 Å². The van der Waals surface area contributed by atoms with E-state index in [0.29, 0.717) is 0 Å². The summed E-state index contributed by atoms with van der Waals surface area (Å²) in [5.41, 5.74) is 2.66. The van der Waals surface area contributed by atoms with Crippen molar-refractivity contribution in [2.45, 2.75) is 6.35 Å². The van der Waals surface area contributed by atoms with Gasteiger partial charge in [-0.1, -0.05) is 0 Å². The second-order valence-corrected chi connectivity index (χ2v) is 1.83. The topological polar surface area (TPSA) is 64.6 Å². The Hall–Kier alpha value is -1.07. The fourth-order valence-corrected chi connectivity index (χ4v) is 0.671. The fraction of sp³-hybridized carbons (Fsp3) is 0.400. The van der Waals surface area contributed by atoms with Crippen molar-refractivity contribution in [3.8, 4) is 0 Å². The number of hydrazine groups is 1. The number of nitrogens with one attached hydrogen (secondary N) is 2. The maximum atomic E-state index is 10.5. The Kier molecular flexibility index (Phi) is 1.88. The zero-order chi connectivity index (χ0) is 7.56. The molecule has 1 aliphatic heterocycles. The second kappa shape index (κ2) is 2.68. The van der Waals surface area contributed by atoms with Crippen molar-refractivity contribution in [2.75, 3.05) is 7.05 Å². The van der Waals surface area contributed by atoms with E-state index in [9.17, 15) is 4.79 Å². The van der Waals surface area contributed by atoms with Gasteiger partial charge in [0.25, 0.3) is 0 Å². The molecule has 0 aromatic heterocycles. The van der Waals surface area contributed by atoms with Gasteiger partial charge in [-0.05, 0) is 0 Å². The molecular formula is C5H9N3O2. The third-order valence-electron chi connectivity index (χ3n) is 1.18. The van der Waals surface area contributed by atoms with Gasteiger partial charge >= 0.3 is 0 Å². The molecule has 1 atom stereocenters. The summed E-state index contributed by atoms with van der Waals surface area (Å²) in [5.74, 6) is -0.293. The lowest BCUT2D eigenvalue weighted by Gasteiger charge is -2.27. The Morgan fingerprint density at radius 3 is 3.10 bits per heavy atom. The smallest absolute Gasteiger partial charge is 0.248 e. The van der Waals surface area contributed by atoms with Crippen LogP contribution in [0.2, 0.25) is 0 Å². The molecule has 0 bridgehead atoms. The largest absolute Gasteiger partial charge is 0.355 e. The van der Waals surface area contributed by atoms with Crippen molar-refractivity contribution < 1.29 is 9.90 Å². The van der Waals surface area contributed by atoms with Gasteiger partial charge in [0.15, 0.2) is 0 Å². The van der Waals surface area contributed by atoms with Gasteiger partial charge in [0.1, 0.15) is 0 Å². The van der Waals surface area contributed by atoms with Crippen LogP contribution < -0.4 is 10.7 Å². The lowest BCUT2D eigenvalue weighted by Crippen LogP contribution is -2.52. The van der Waals surface area contributed by atoms with Gasteiger partial charge in [0, 0.05) is 19.3 Å². The third kappa shape index (κ3) is 1.26. The average Bonchev–Trinajstić information content (AvgIpc) is 1.88. The number of hydrogen-bond acceptors (Lipinski definition) is 4. The molecule has 3 N–H and O–H groups in total. The Bertz CT molecular complexity index is 168. The van der Waals surface area contributed by atoms with Gasteiger partial charge in [0.2, 0.25) is 12.3 Å². The van der Waals surface area contributed by atoms with Crippen LogP contribution in [-0.4, -0.2) is 29.4 Å². The SMILES string of the molecule is CNN1C=CC(=O)NC1O. The first kappa shape index (κ1) is 7.04. The van der Waals surface area contributed by atoms with Crippen LogP contribution >= 0.6 is 0 Å². The summed E-state index contributed by atoms with van der Waals surface area (Å²) in [4.78, 5) is 10.5. The number of amides is 1. The minimum Gasteiger partial charge on any atom is -0.355 e. The molecule has 0 radical (unpaired) electrons. The molecule has 5 heteroatoms. The average molecular weight is 143 g/mol. The first-order valence-corrected chi connectivity index (χ1v) is 2.86. The van der Waals surface area contributed by atoms with Gasteiger partial charge < -0.3 is 10.4 Å². The highest BCUT2D eigenvalue weighted by atomic mass is 16.3. The zero-order valence-corrected chi connectivity index (χ0v) is 5.53. The highest BCUT2D eigenvalue weighted by Crippen LogP contribution is 1.94.